The number of thioether (sulfide) groups is 1. The molecule has 6 nitrogen and oxygen atoms in total. The summed E-state index contributed by atoms with van der Waals surface area (Å²) in [5.41, 5.74) is 1.60. The molecule has 0 aromatic heterocycles. The zero-order valence-corrected chi connectivity index (χ0v) is 17.9. The fourth-order valence-corrected chi connectivity index (χ4v) is 4.89. The number of para-hydroxylation sites is 1. The molecule has 31 heavy (non-hydrogen) atoms. The Morgan fingerprint density at radius 3 is 2.65 bits per heavy atom. The maximum absolute atomic E-state index is 13.4. The van der Waals surface area contributed by atoms with E-state index in [2.05, 4.69) is 0 Å². The molecule has 1 aliphatic heterocycles. The molecule has 1 saturated carbocycles. The summed E-state index contributed by atoms with van der Waals surface area (Å²) in [4.78, 5) is 31.4. The lowest BCUT2D eigenvalue weighted by atomic mass is 9.94. The molecule has 2 aromatic rings. The molecule has 1 aliphatic carbocycles. The first-order valence-corrected chi connectivity index (χ1v) is 11.2. The largest absolute Gasteiger partial charge is 0.482 e. The smallest absolute Gasteiger partial charge is 0.341 e. The highest BCUT2D eigenvalue weighted by atomic mass is 32.2. The van der Waals surface area contributed by atoms with E-state index in [0.717, 1.165) is 36.9 Å². The van der Waals surface area contributed by atoms with Gasteiger partial charge in [-0.3, -0.25) is 9.69 Å². The summed E-state index contributed by atoms with van der Waals surface area (Å²) >= 11 is 1.39. The molecule has 0 unspecified atom stereocenters. The molecule has 0 radical (unpaired) electrons. The third-order valence-corrected chi connectivity index (χ3v) is 6.26. The standard InChI is InChI=1S/C24H24N2O4S/c27-22(28)16-30-20-13-7-8-17(14-20)15-21-23(29)26(19-11-5-2-6-12-19)24(31-21)25-18-9-3-1-4-10-18/h1,3-4,7-10,13-15,19H,2,5-6,11-12,16H2,(H,27,28)/b21-15+,25-24?. The van der Waals surface area contributed by atoms with Crippen LogP contribution in [0.2, 0.25) is 0 Å². The lowest BCUT2D eigenvalue weighted by Gasteiger charge is -2.30. The third kappa shape index (κ3) is 5.35. The second-order valence-corrected chi connectivity index (χ2v) is 8.57. The fraction of sp³-hybridized carbons (Fsp3) is 0.292. The number of hydrogen-bond acceptors (Lipinski definition) is 5. The van der Waals surface area contributed by atoms with Crippen LogP contribution in [-0.4, -0.2) is 39.7 Å². The van der Waals surface area contributed by atoms with Gasteiger partial charge in [0.05, 0.1) is 10.6 Å². The molecule has 0 spiro atoms. The first-order chi connectivity index (χ1) is 15.1. The van der Waals surface area contributed by atoms with Gasteiger partial charge < -0.3 is 9.84 Å². The van der Waals surface area contributed by atoms with Crippen LogP contribution in [0.4, 0.5) is 5.69 Å². The average Bonchev–Trinajstić information content (AvgIpc) is 3.08. The van der Waals surface area contributed by atoms with Crippen molar-refractivity contribution < 1.29 is 19.4 Å². The van der Waals surface area contributed by atoms with Gasteiger partial charge in [0, 0.05) is 6.04 Å². The van der Waals surface area contributed by atoms with Crippen LogP contribution in [0.25, 0.3) is 6.08 Å². The molecule has 2 aliphatic rings. The van der Waals surface area contributed by atoms with Crippen LogP contribution < -0.4 is 4.74 Å². The predicted molar refractivity (Wildman–Crippen MR) is 122 cm³/mol. The molecule has 1 saturated heterocycles. The fourth-order valence-electron chi connectivity index (χ4n) is 3.83. The number of ether oxygens (including phenoxy) is 1. The number of aliphatic carboxylic acids is 1. The van der Waals surface area contributed by atoms with E-state index in [9.17, 15) is 9.59 Å². The molecule has 1 N–H and O–H groups in total. The Balaban J connectivity index is 1.63. The number of hydrogen-bond donors (Lipinski definition) is 1. The van der Waals surface area contributed by atoms with E-state index < -0.39 is 12.6 Å². The quantitative estimate of drug-likeness (QED) is 0.639. The van der Waals surface area contributed by atoms with Crippen molar-refractivity contribution >= 4 is 40.6 Å². The Bertz CT molecular complexity index is 1010. The van der Waals surface area contributed by atoms with E-state index in [4.69, 9.17) is 14.8 Å². The van der Waals surface area contributed by atoms with Crippen LogP contribution in [0.1, 0.15) is 37.7 Å². The SMILES string of the molecule is O=C(O)COc1cccc(/C=C2/SC(=Nc3ccccc3)N(C3CCCCC3)C2=O)c1. The van der Waals surface area contributed by atoms with Crippen molar-refractivity contribution in [3.63, 3.8) is 0 Å². The predicted octanol–water partition coefficient (Wildman–Crippen LogP) is 5.09. The summed E-state index contributed by atoms with van der Waals surface area (Å²) < 4.78 is 5.26. The molecule has 0 bridgehead atoms. The number of nitrogens with zero attached hydrogens (tertiary/aromatic N) is 2. The monoisotopic (exact) mass is 436 g/mol. The van der Waals surface area contributed by atoms with Gasteiger partial charge in [0.25, 0.3) is 5.91 Å². The van der Waals surface area contributed by atoms with Gasteiger partial charge in [-0.2, -0.15) is 0 Å². The number of carboxylic acids is 1. The summed E-state index contributed by atoms with van der Waals surface area (Å²) in [6.45, 7) is -0.406. The van der Waals surface area contributed by atoms with Crippen LogP contribution in [0, 0.1) is 0 Å². The Labute approximate surface area is 185 Å². The van der Waals surface area contributed by atoms with E-state index in [0.29, 0.717) is 15.8 Å². The molecular formula is C24H24N2O4S. The summed E-state index contributed by atoms with van der Waals surface area (Å²) in [6.07, 6.45) is 7.27. The molecule has 1 heterocycles. The van der Waals surface area contributed by atoms with Crippen molar-refractivity contribution in [3.8, 4) is 5.75 Å². The second kappa shape index (κ2) is 9.83. The number of aliphatic imine (C=N–C) groups is 1. The van der Waals surface area contributed by atoms with Gasteiger partial charge in [0.1, 0.15) is 5.75 Å². The van der Waals surface area contributed by atoms with Gasteiger partial charge in [-0.15, -0.1) is 0 Å². The van der Waals surface area contributed by atoms with Gasteiger partial charge in [0.2, 0.25) is 0 Å². The van der Waals surface area contributed by atoms with Crippen molar-refractivity contribution in [1.82, 2.24) is 4.90 Å². The summed E-state index contributed by atoms with van der Waals surface area (Å²) in [6, 6.07) is 16.9. The van der Waals surface area contributed by atoms with Crippen LogP contribution in [0.5, 0.6) is 5.75 Å². The van der Waals surface area contributed by atoms with E-state index in [1.54, 1.807) is 18.2 Å². The van der Waals surface area contributed by atoms with Crippen molar-refractivity contribution in [3.05, 3.63) is 65.1 Å². The topological polar surface area (TPSA) is 79.2 Å². The first-order valence-electron chi connectivity index (χ1n) is 10.4. The molecule has 1 amide bonds. The van der Waals surface area contributed by atoms with Gasteiger partial charge in [0.15, 0.2) is 11.8 Å². The highest BCUT2D eigenvalue weighted by molar-refractivity contribution is 8.18. The van der Waals surface area contributed by atoms with Crippen molar-refractivity contribution in [2.45, 2.75) is 38.1 Å². The first kappa shape index (κ1) is 21.2. The summed E-state index contributed by atoms with van der Waals surface area (Å²) in [7, 11) is 0. The van der Waals surface area contributed by atoms with Crippen molar-refractivity contribution in [1.29, 1.82) is 0 Å². The number of benzene rings is 2. The van der Waals surface area contributed by atoms with E-state index >= 15 is 0 Å². The summed E-state index contributed by atoms with van der Waals surface area (Å²) in [5.74, 6) is -0.604. The highest BCUT2D eigenvalue weighted by Gasteiger charge is 2.38. The normalized spacial score (nSPS) is 19.9. The van der Waals surface area contributed by atoms with Crippen molar-refractivity contribution in [2.24, 2.45) is 4.99 Å². The van der Waals surface area contributed by atoms with E-state index in [1.807, 2.05) is 47.4 Å². The minimum Gasteiger partial charge on any atom is -0.482 e. The van der Waals surface area contributed by atoms with Crippen molar-refractivity contribution in [2.75, 3.05) is 6.61 Å². The number of carboxylic acid groups (broad SMARTS) is 1. The minimum atomic E-state index is -1.03. The van der Waals surface area contributed by atoms with Gasteiger partial charge in [-0.05, 0) is 60.5 Å². The molecule has 2 fully saturated rings. The lowest BCUT2D eigenvalue weighted by Crippen LogP contribution is -2.40. The molecular weight excluding hydrogens is 412 g/mol. The molecule has 0 atom stereocenters. The number of carbonyl (C=O) groups is 2. The van der Waals surface area contributed by atoms with Gasteiger partial charge >= 0.3 is 5.97 Å². The summed E-state index contributed by atoms with van der Waals surface area (Å²) in [5, 5.41) is 9.52. The lowest BCUT2D eigenvalue weighted by molar-refractivity contribution is -0.139. The maximum Gasteiger partial charge on any atom is 0.341 e. The van der Waals surface area contributed by atoms with Crippen LogP contribution in [0.15, 0.2) is 64.5 Å². The Hall–Kier alpha value is -3.06. The van der Waals surface area contributed by atoms with Gasteiger partial charge in [-0.25, -0.2) is 9.79 Å². The minimum absolute atomic E-state index is 0.0246. The molecule has 160 valence electrons. The zero-order valence-electron chi connectivity index (χ0n) is 17.1. The zero-order chi connectivity index (χ0) is 21.6. The molecule has 2 aromatic carbocycles. The third-order valence-electron chi connectivity index (χ3n) is 5.28. The molecule has 4 rings (SSSR count). The van der Waals surface area contributed by atoms with E-state index in [-0.39, 0.29) is 11.9 Å². The van der Waals surface area contributed by atoms with Gasteiger partial charge in [-0.1, -0.05) is 49.6 Å². The second-order valence-electron chi connectivity index (χ2n) is 7.56. The van der Waals surface area contributed by atoms with Crippen LogP contribution >= 0.6 is 11.8 Å². The maximum atomic E-state index is 13.4. The number of carbonyl (C=O) groups excluding carboxylic acids is 1. The van der Waals surface area contributed by atoms with E-state index in [1.165, 1.54) is 18.2 Å². The number of amidine groups is 1. The number of amides is 1. The van der Waals surface area contributed by atoms with Crippen LogP contribution in [0.3, 0.4) is 0 Å². The Kier molecular flexibility index (Phi) is 6.72. The Morgan fingerprint density at radius 1 is 1.13 bits per heavy atom. The van der Waals surface area contributed by atoms with Crippen LogP contribution in [-0.2, 0) is 9.59 Å². The number of rotatable bonds is 6. The average molecular weight is 437 g/mol. The Morgan fingerprint density at radius 2 is 1.90 bits per heavy atom. The molecule has 7 heteroatoms. The highest BCUT2D eigenvalue weighted by Crippen LogP contribution is 2.38.